The van der Waals surface area contributed by atoms with Gasteiger partial charge in [-0.25, -0.2) is 4.98 Å². The summed E-state index contributed by atoms with van der Waals surface area (Å²) in [6.07, 6.45) is 1.84. The standard InChI is InChI=1S/C19H20ClN3O2/c1-23-16(13-7-9-15(20)10-8-13)12-22-19(23)21-11-14-5-4-6-17(24-2)18(14)25-3/h4-10,12H,11H2,1-3H3,(H,21,22). The fourth-order valence-electron chi connectivity index (χ4n) is 2.73. The largest absolute Gasteiger partial charge is 0.493 e. The molecule has 130 valence electrons. The zero-order valence-corrected chi connectivity index (χ0v) is 15.2. The minimum Gasteiger partial charge on any atom is -0.493 e. The second-order valence-corrected chi connectivity index (χ2v) is 5.98. The highest BCUT2D eigenvalue weighted by atomic mass is 35.5. The van der Waals surface area contributed by atoms with Crippen molar-refractivity contribution in [2.75, 3.05) is 19.5 Å². The molecule has 1 heterocycles. The monoisotopic (exact) mass is 357 g/mol. The van der Waals surface area contributed by atoms with Crippen LogP contribution in [-0.2, 0) is 13.6 Å². The van der Waals surface area contributed by atoms with E-state index in [1.54, 1.807) is 14.2 Å². The number of benzene rings is 2. The minimum atomic E-state index is 0.575. The number of aromatic nitrogens is 2. The van der Waals surface area contributed by atoms with E-state index in [0.29, 0.717) is 12.3 Å². The Morgan fingerprint density at radius 2 is 1.84 bits per heavy atom. The number of anilines is 1. The van der Waals surface area contributed by atoms with Crippen LogP contribution in [0.5, 0.6) is 11.5 Å². The van der Waals surface area contributed by atoms with E-state index in [1.807, 2.05) is 60.3 Å². The first-order valence-electron chi connectivity index (χ1n) is 7.85. The van der Waals surface area contributed by atoms with Crippen LogP contribution < -0.4 is 14.8 Å². The van der Waals surface area contributed by atoms with Crippen molar-refractivity contribution in [1.82, 2.24) is 9.55 Å². The second-order valence-electron chi connectivity index (χ2n) is 5.54. The quantitative estimate of drug-likeness (QED) is 0.711. The Hall–Kier alpha value is -2.66. The lowest BCUT2D eigenvalue weighted by atomic mass is 10.2. The Kier molecular flexibility index (Phi) is 5.14. The van der Waals surface area contributed by atoms with Gasteiger partial charge in [-0.2, -0.15) is 0 Å². The van der Waals surface area contributed by atoms with E-state index in [2.05, 4.69) is 10.3 Å². The van der Waals surface area contributed by atoms with Crippen molar-refractivity contribution in [3.63, 3.8) is 0 Å². The van der Waals surface area contributed by atoms with Crippen LogP contribution in [-0.4, -0.2) is 23.8 Å². The molecule has 5 nitrogen and oxygen atoms in total. The molecule has 0 bridgehead atoms. The number of hydrogen-bond donors (Lipinski definition) is 1. The molecule has 25 heavy (non-hydrogen) atoms. The molecule has 0 saturated carbocycles. The summed E-state index contributed by atoms with van der Waals surface area (Å²) in [5, 5.41) is 4.06. The second kappa shape index (κ2) is 7.49. The van der Waals surface area contributed by atoms with E-state index < -0.39 is 0 Å². The molecule has 0 atom stereocenters. The molecule has 0 aliphatic heterocycles. The first kappa shape index (κ1) is 17.2. The number of halogens is 1. The van der Waals surface area contributed by atoms with Crippen LogP contribution >= 0.6 is 11.6 Å². The first-order chi connectivity index (χ1) is 12.1. The Labute approximate surface area is 152 Å². The third-order valence-electron chi connectivity index (χ3n) is 4.05. The average Bonchev–Trinajstić information content (AvgIpc) is 3.00. The van der Waals surface area contributed by atoms with Gasteiger partial charge in [0.1, 0.15) is 0 Å². The number of ether oxygens (including phenoxy) is 2. The Bertz CT molecular complexity index is 860. The highest BCUT2D eigenvalue weighted by Gasteiger charge is 2.12. The summed E-state index contributed by atoms with van der Waals surface area (Å²) >= 11 is 5.96. The van der Waals surface area contributed by atoms with Gasteiger partial charge in [0.05, 0.1) is 26.1 Å². The van der Waals surface area contributed by atoms with Crippen LogP contribution in [0.2, 0.25) is 5.02 Å². The van der Waals surface area contributed by atoms with Gasteiger partial charge in [0.25, 0.3) is 0 Å². The van der Waals surface area contributed by atoms with Crippen LogP contribution in [0.1, 0.15) is 5.56 Å². The van der Waals surface area contributed by atoms with Gasteiger partial charge in [0, 0.05) is 24.2 Å². The van der Waals surface area contributed by atoms with Crippen molar-refractivity contribution in [2.24, 2.45) is 7.05 Å². The maximum atomic E-state index is 5.96. The maximum Gasteiger partial charge on any atom is 0.203 e. The molecule has 0 amide bonds. The summed E-state index contributed by atoms with van der Waals surface area (Å²) in [6, 6.07) is 13.5. The number of methoxy groups -OCH3 is 2. The molecule has 0 aliphatic rings. The maximum absolute atomic E-state index is 5.96. The number of para-hydroxylation sites is 1. The molecule has 0 saturated heterocycles. The molecule has 0 aliphatic carbocycles. The van der Waals surface area contributed by atoms with Crippen LogP contribution in [0.3, 0.4) is 0 Å². The molecule has 0 fully saturated rings. The predicted octanol–water partition coefficient (Wildman–Crippen LogP) is 4.37. The lowest BCUT2D eigenvalue weighted by Crippen LogP contribution is -2.07. The van der Waals surface area contributed by atoms with E-state index >= 15 is 0 Å². The summed E-state index contributed by atoms with van der Waals surface area (Å²) in [6.45, 7) is 0.575. The van der Waals surface area contributed by atoms with Gasteiger partial charge in [0.2, 0.25) is 5.95 Å². The van der Waals surface area contributed by atoms with Gasteiger partial charge in [-0.05, 0) is 23.8 Å². The number of nitrogens with zero attached hydrogens (tertiary/aromatic N) is 2. The molecule has 1 N–H and O–H groups in total. The molecular formula is C19H20ClN3O2. The summed E-state index contributed by atoms with van der Waals surface area (Å²) in [5.41, 5.74) is 3.07. The highest BCUT2D eigenvalue weighted by molar-refractivity contribution is 6.30. The predicted molar refractivity (Wildman–Crippen MR) is 101 cm³/mol. The first-order valence-corrected chi connectivity index (χ1v) is 8.23. The van der Waals surface area contributed by atoms with E-state index in [-0.39, 0.29) is 0 Å². The van der Waals surface area contributed by atoms with Gasteiger partial charge in [-0.15, -0.1) is 0 Å². The topological polar surface area (TPSA) is 48.3 Å². The molecule has 3 rings (SSSR count). The van der Waals surface area contributed by atoms with Crippen LogP contribution in [0.4, 0.5) is 5.95 Å². The average molecular weight is 358 g/mol. The van der Waals surface area contributed by atoms with Crippen molar-refractivity contribution in [3.05, 3.63) is 59.2 Å². The molecule has 0 radical (unpaired) electrons. The zero-order chi connectivity index (χ0) is 17.8. The number of hydrogen-bond acceptors (Lipinski definition) is 4. The van der Waals surface area contributed by atoms with Crippen LogP contribution in [0.25, 0.3) is 11.3 Å². The third kappa shape index (κ3) is 3.56. The van der Waals surface area contributed by atoms with Crippen LogP contribution in [0, 0.1) is 0 Å². The SMILES string of the molecule is COc1cccc(CNc2ncc(-c3ccc(Cl)cc3)n2C)c1OC. The van der Waals surface area contributed by atoms with Crippen molar-refractivity contribution < 1.29 is 9.47 Å². The Balaban J connectivity index is 1.80. The summed E-state index contributed by atoms with van der Waals surface area (Å²) in [7, 11) is 5.25. The number of imidazole rings is 1. The lowest BCUT2D eigenvalue weighted by molar-refractivity contribution is 0.352. The fourth-order valence-corrected chi connectivity index (χ4v) is 2.86. The zero-order valence-electron chi connectivity index (χ0n) is 14.4. The molecule has 0 spiro atoms. The van der Waals surface area contributed by atoms with Crippen LogP contribution in [0.15, 0.2) is 48.7 Å². The van der Waals surface area contributed by atoms with Gasteiger partial charge in [0.15, 0.2) is 11.5 Å². The minimum absolute atomic E-state index is 0.575. The van der Waals surface area contributed by atoms with Gasteiger partial charge in [-0.3, -0.25) is 0 Å². The Morgan fingerprint density at radius 3 is 2.52 bits per heavy atom. The lowest BCUT2D eigenvalue weighted by Gasteiger charge is -2.14. The molecular weight excluding hydrogens is 338 g/mol. The molecule has 1 aromatic heterocycles. The third-order valence-corrected chi connectivity index (χ3v) is 4.30. The molecule has 3 aromatic rings. The van der Waals surface area contributed by atoms with Gasteiger partial charge in [-0.1, -0.05) is 35.9 Å². The highest BCUT2D eigenvalue weighted by Crippen LogP contribution is 2.31. The van der Waals surface area contributed by atoms with E-state index in [4.69, 9.17) is 21.1 Å². The smallest absolute Gasteiger partial charge is 0.203 e. The van der Waals surface area contributed by atoms with Gasteiger partial charge >= 0.3 is 0 Å². The van der Waals surface area contributed by atoms with E-state index in [0.717, 1.165) is 33.5 Å². The van der Waals surface area contributed by atoms with E-state index in [1.165, 1.54) is 0 Å². The number of rotatable bonds is 6. The van der Waals surface area contributed by atoms with Crippen molar-refractivity contribution in [3.8, 4) is 22.8 Å². The summed E-state index contributed by atoms with van der Waals surface area (Å²) in [5.74, 6) is 2.21. The fraction of sp³-hybridized carbons (Fsp3) is 0.211. The normalized spacial score (nSPS) is 10.6. The van der Waals surface area contributed by atoms with Gasteiger partial charge < -0.3 is 19.4 Å². The van der Waals surface area contributed by atoms with Crippen molar-refractivity contribution in [2.45, 2.75) is 6.54 Å². The molecule has 2 aromatic carbocycles. The van der Waals surface area contributed by atoms with Crippen molar-refractivity contribution in [1.29, 1.82) is 0 Å². The summed E-state index contributed by atoms with van der Waals surface area (Å²) < 4.78 is 12.8. The van der Waals surface area contributed by atoms with Crippen molar-refractivity contribution >= 4 is 17.5 Å². The summed E-state index contributed by atoms with van der Waals surface area (Å²) in [4.78, 5) is 4.47. The molecule has 0 unspecified atom stereocenters. The van der Waals surface area contributed by atoms with E-state index in [9.17, 15) is 0 Å². The molecule has 6 heteroatoms. The Morgan fingerprint density at radius 1 is 1.08 bits per heavy atom. The number of nitrogens with one attached hydrogen (secondary N) is 1.